The van der Waals surface area contributed by atoms with E-state index in [4.69, 9.17) is 0 Å². The van der Waals surface area contributed by atoms with Gasteiger partial charge in [0, 0.05) is 0 Å². The van der Waals surface area contributed by atoms with Crippen molar-refractivity contribution in [3.63, 3.8) is 0 Å². The molecule has 0 heterocycles. The zero-order valence-electron chi connectivity index (χ0n) is 12.0. The van der Waals surface area contributed by atoms with Crippen LogP contribution >= 0.6 is 0 Å². The second-order valence-corrected chi connectivity index (χ2v) is 4.89. The van der Waals surface area contributed by atoms with Gasteiger partial charge in [0.2, 0.25) is 0 Å². The van der Waals surface area contributed by atoms with E-state index in [2.05, 4.69) is 39.0 Å². The lowest BCUT2D eigenvalue weighted by atomic mass is 9.91. The molecular formula is C18H22O. The van der Waals surface area contributed by atoms with Crippen molar-refractivity contribution in [1.82, 2.24) is 0 Å². The first-order valence-corrected chi connectivity index (χ1v) is 7.13. The molecule has 0 atom stereocenters. The van der Waals surface area contributed by atoms with Crippen LogP contribution < -0.4 is 0 Å². The number of benzene rings is 2. The number of aryl methyl sites for hydroxylation is 3. The van der Waals surface area contributed by atoms with E-state index in [1.54, 1.807) is 6.07 Å². The van der Waals surface area contributed by atoms with Crippen LogP contribution in [-0.4, -0.2) is 5.11 Å². The van der Waals surface area contributed by atoms with E-state index >= 15 is 0 Å². The SMILES string of the molecule is CCc1cc(CC)c(-c2cccc(O)c2)cc1CC. The maximum Gasteiger partial charge on any atom is 0.116 e. The molecule has 100 valence electrons. The van der Waals surface area contributed by atoms with Crippen LogP contribution in [-0.2, 0) is 19.3 Å². The molecule has 0 fully saturated rings. The minimum atomic E-state index is 0.331. The lowest BCUT2D eigenvalue weighted by molar-refractivity contribution is 0.475. The summed E-state index contributed by atoms with van der Waals surface area (Å²) in [6, 6.07) is 12.2. The Kier molecular flexibility index (Phi) is 4.26. The number of rotatable bonds is 4. The first-order valence-electron chi connectivity index (χ1n) is 7.13. The Balaban J connectivity index is 2.61. The van der Waals surface area contributed by atoms with Gasteiger partial charge in [0.1, 0.15) is 5.75 Å². The molecule has 1 nitrogen and oxygen atoms in total. The zero-order valence-corrected chi connectivity index (χ0v) is 12.0. The fourth-order valence-corrected chi connectivity index (χ4v) is 2.63. The highest BCUT2D eigenvalue weighted by molar-refractivity contribution is 5.70. The van der Waals surface area contributed by atoms with Crippen molar-refractivity contribution in [3.8, 4) is 16.9 Å². The second kappa shape index (κ2) is 5.92. The van der Waals surface area contributed by atoms with Gasteiger partial charge in [-0.25, -0.2) is 0 Å². The standard InChI is InChI=1S/C18H22O/c1-4-13-10-15(6-3)18(12-14(13)5-2)16-8-7-9-17(19)11-16/h7-12,19H,4-6H2,1-3H3. The largest absolute Gasteiger partial charge is 0.508 e. The van der Waals surface area contributed by atoms with Gasteiger partial charge in [-0.3, -0.25) is 0 Å². The Labute approximate surface area is 115 Å². The predicted molar refractivity (Wildman–Crippen MR) is 81.7 cm³/mol. The lowest BCUT2D eigenvalue weighted by Gasteiger charge is -2.14. The summed E-state index contributed by atoms with van der Waals surface area (Å²) in [4.78, 5) is 0. The van der Waals surface area contributed by atoms with Crippen LogP contribution in [0.2, 0.25) is 0 Å². The fourth-order valence-electron chi connectivity index (χ4n) is 2.63. The summed E-state index contributed by atoms with van der Waals surface area (Å²) in [5, 5.41) is 9.67. The minimum absolute atomic E-state index is 0.331. The Morgan fingerprint density at radius 3 is 2.00 bits per heavy atom. The molecule has 0 radical (unpaired) electrons. The van der Waals surface area contributed by atoms with Gasteiger partial charge in [-0.2, -0.15) is 0 Å². The summed E-state index contributed by atoms with van der Waals surface area (Å²) in [6.07, 6.45) is 3.15. The van der Waals surface area contributed by atoms with Crippen LogP contribution in [0.5, 0.6) is 5.75 Å². The molecule has 0 aliphatic carbocycles. The Bertz CT molecular complexity index is 570. The van der Waals surface area contributed by atoms with Gasteiger partial charge < -0.3 is 5.11 Å². The molecule has 2 aromatic carbocycles. The van der Waals surface area contributed by atoms with Gasteiger partial charge in [0.05, 0.1) is 0 Å². The maximum atomic E-state index is 9.67. The van der Waals surface area contributed by atoms with Crippen molar-refractivity contribution in [2.24, 2.45) is 0 Å². The average Bonchev–Trinajstić information content (AvgIpc) is 2.45. The number of phenols is 1. The highest BCUT2D eigenvalue weighted by atomic mass is 16.3. The van der Waals surface area contributed by atoms with Gasteiger partial charge in [-0.05, 0) is 59.2 Å². The smallest absolute Gasteiger partial charge is 0.116 e. The Morgan fingerprint density at radius 1 is 0.789 bits per heavy atom. The molecule has 0 saturated heterocycles. The number of hydrogen-bond acceptors (Lipinski definition) is 1. The van der Waals surface area contributed by atoms with E-state index in [1.807, 2.05) is 12.1 Å². The summed E-state index contributed by atoms with van der Waals surface area (Å²) in [7, 11) is 0. The van der Waals surface area contributed by atoms with Crippen molar-refractivity contribution in [3.05, 3.63) is 53.1 Å². The molecule has 0 aliphatic heterocycles. The number of phenolic OH excluding ortho intramolecular Hbond substituents is 1. The number of aromatic hydroxyl groups is 1. The third kappa shape index (κ3) is 2.81. The molecule has 0 aliphatic rings. The van der Waals surface area contributed by atoms with Crippen LogP contribution in [0.3, 0.4) is 0 Å². The molecular weight excluding hydrogens is 232 g/mol. The molecule has 2 aromatic rings. The molecule has 0 bridgehead atoms. The first-order chi connectivity index (χ1) is 9.19. The van der Waals surface area contributed by atoms with Gasteiger partial charge in [0.15, 0.2) is 0 Å². The van der Waals surface area contributed by atoms with E-state index in [0.717, 1.165) is 24.8 Å². The fraction of sp³-hybridized carbons (Fsp3) is 0.333. The normalized spacial score (nSPS) is 10.7. The number of hydrogen-bond donors (Lipinski definition) is 1. The summed E-state index contributed by atoms with van der Waals surface area (Å²) in [5.41, 5.74) is 6.59. The monoisotopic (exact) mass is 254 g/mol. The lowest BCUT2D eigenvalue weighted by Crippen LogP contribution is -1.97. The Hall–Kier alpha value is -1.76. The highest BCUT2D eigenvalue weighted by Crippen LogP contribution is 2.30. The summed E-state index contributed by atoms with van der Waals surface area (Å²) >= 11 is 0. The highest BCUT2D eigenvalue weighted by Gasteiger charge is 2.09. The van der Waals surface area contributed by atoms with Crippen molar-refractivity contribution in [2.45, 2.75) is 40.0 Å². The van der Waals surface area contributed by atoms with Crippen molar-refractivity contribution in [1.29, 1.82) is 0 Å². The van der Waals surface area contributed by atoms with Crippen LogP contribution in [0.1, 0.15) is 37.5 Å². The van der Waals surface area contributed by atoms with Gasteiger partial charge in [-0.1, -0.05) is 45.0 Å². The third-order valence-electron chi connectivity index (χ3n) is 3.73. The van der Waals surface area contributed by atoms with E-state index in [0.29, 0.717) is 5.75 Å². The van der Waals surface area contributed by atoms with Crippen molar-refractivity contribution >= 4 is 0 Å². The first kappa shape index (κ1) is 13.7. The van der Waals surface area contributed by atoms with Crippen LogP contribution in [0, 0.1) is 0 Å². The molecule has 0 amide bonds. The summed E-state index contributed by atoms with van der Waals surface area (Å²) in [6.45, 7) is 6.60. The molecule has 0 saturated carbocycles. The maximum absolute atomic E-state index is 9.67. The average molecular weight is 254 g/mol. The summed E-state index contributed by atoms with van der Waals surface area (Å²) in [5.74, 6) is 0.331. The van der Waals surface area contributed by atoms with Crippen LogP contribution in [0.4, 0.5) is 0 Å². The van der Waals surface area contributed by atoms with E-state index in [9.17, 15) is 5.11 Å². The van der Waals surface area contributed by atoms with E-state index < -0.39 is 0 Å². The third-order valence-corrected chi connectivity index (χ3v) is 3.73. The van der Waals surface area contributed by atoms with Crippen molar-refractivity contribution < 1.29 is 5.11 Å². The van der Waals surface area contributed by atoms with E-state index in [-0.39, 0.29) is 0 Å². The Morgan fingerprint density at radius 2 is 1.42 bits per heavy atom. The molecule has 0 unspecified atom stereocenters. The quantitative estimate of drug-likeness (QED) is 0.835. The molecule has 2 rings (SSSR count). The van der Waals surface area contributed by atoms with Crippen molar-refractivity contribution in [2.75, 3.05) is 0 Å². The zero-order chi connectivity index (χ0) is 13.8. The molecule has 0 spiro atoms. The molecule has 1 N–H and O–H groups in total. The molecule has 19 heavy (non-hydrogen) atoms. The second-order valence-electron chi connectivity index (χ2n) is 4.89. The molecule has 1 heteroatoms. The van der Waals surface area contributed by atoms with E-state index in [1.165, 1.54) is 22.3 Å². The minimum Gasteiger partial charge on any atom is -0.508 e. The predicted octanol–water partition coefficient (Wildman–Crippen LogP) is 4.75. The van der Waals surface area contributed by atoms with Gasteiger partial charge >= 0.3 is 0 Å². The van der Waals surface area contributed by atoms with Gasteiger partial charge in [-0.15, -0.1) is 0 Å². The topological polar surface area (TPSA) is 20.2 Å². The summed E-state index contributed by atoms with van der Waals surface area (Å²) < 4.78 is 0. The van der Waals surface area contributed by atoms with Crippen LogP contribution in [0.25, 0.3) is 11.1 Å². The molecule has 0 aromatic heterocycles. The van der Waals surface area contributed by atoms with Gasteiger partial charge in [0.25, 0.3) is 0 Å². The van der Waals surface area contributed by atoms with Crippen LogP contribution in [0.15, 0.2) is 36.4 Å².